The molecule has 0 unspecified atom stereocenters. The number of anilines is 1. The molecule has 3 amide bonds. The number of hydrogen-bond acceptors (Lipinski definition) is 2. The van der Waals surface area contributed by atoms with E-state index in [1.54, 1.807) is 19.0 Å². The number of aliphatic imine (C=N–C) groups is 1. The van der Waals surface area contributed by atoms with Gasteiger partial charge in [-0.3, -0.25) is 4.79 Å². The summed E-state index contributed by atoms with van der Waals surface area (Å²) in [6, 6.07) is 5.37. The zero-order chi connectivity index (χ0) is 14.9. The summed E-state index contributed by atoms with van der Waals surface area (Å²) >= 11 is 0. The quantitative estimate of drug-likeness (QED) is 0.829. The highest BCUT2D eigenvalue weighted by Gasteiger charge is 2.34. The molecule has 0 fully saturated rings. The Balaban J connectivity index is 2.52. The fourth-order valence-electron chi connectivity index (χ4n) is 2.18. The molecule has 0 saturated carbocycles. The molecular formula is C15H19N3O2. The number of aryl methyl sites for hydroxylation is 1. The molecule has 106 valence electrons. The fraction of sp³-hybridized carbons (Fsp3) is 0.400. The largest absolute Gasteiger partial charge is 0.343 e. The van der Waals surface area contributed by atoms with Crippen LogP contribution in [0.1, 0.15) is 24.5 Å². The zero-order valence-corrected chi connectivity index (χ0v) is 12.3. The summed E-state index contributed by atoms with van der Waals surface area (Å²) in [5.41, 5.74) is 2.88. The summed E-state index contributed by atoms with van der Waals surface area (Å²) in [5, 5.41) is 0. The second-order valence-corrected chi connectivity index (χ2v) is 5.11. The highest BCUT2D eigenvalue weighted by Crippen LogP contribution is 2.30. The van der Waals surface area contributed by atoms with Crippen LogP contribution in [0.4, 0.5) is 10.5 Å². The lowest BCUT2D eigenvalue weighted by Crippen LogP contribution is -2.31. The highest BCUT2D eigenvalue weighted by atomic mass is 16.2. The van der Waals surface area contributed by atoms with Crippen molar-refractivity contribution in [3.63, 3.8) is 0 Å². The van der Waals surface area contributed by atoms with Crippen molar-refractivity contribution < 1.29 is 9.59 Å². The van der Waals surface area contributed by atoms with Crippen molar-refractivity contribution in [3.05, 3.63) is 29.3 Å². The minimum absolute atomic E-state index is 0.192. The maximum atomic E-state index is 12.4. The Morgan fingerprint density at radius 2 is 2.05 bits per heavy atom. The predicted octanol–water partition coefficient (Wildman–Crippen LogP) is 2.22. The van der Waals surface area contributed by atoms with E-state index in [0.717, 1.165) is 23.2 Å². The average molecular weight is 273 g/mol. The van der Waals surface area contributed by atoms with Crippen LogP contribution in [0.25, 0.3) is 0 Å². The number of hydrogen-bond donors (Lipinski definition) is 0. The third-order valence-corrected chi connectivity index (χ3v) is 3.18. The minimum Gasteiger partial charge on any atom is -0.329 e. The van der Waals surface area contributed by atoms with Crippen LogP contribution in [-0.2, 0) is 4.79 Å². The molecule has 2 rings (SSSR count). The third kappa shape index (κ3) is 2.43. The van der Waals surface area contributed by atoms with Crippen LogP contribution < -0.4 is 4.90 Å². The van der Waals surface area contributed by atoms with E-state index >= 15 is 0 Å². The molecule has 5 heteroatoms. The number of fused-ring (bicyclic) bond motifs is 1. The van der Waals surface area contributed by atoms with Crippen molar-refractivity contribution in [2.24, 2.45) is 4.99 Å². The van der Waals surface area contributed by atoms with Gasteiger partial charge in [-0.2, -0.15) is 4.99 Å². The molecule has 1 aliphatic rings. The van der Waals surface area contributed by atoms with Gasteiger partial charge in [0.1, 0.15) is 5.71 Å². The zero-order valence-electron chi connectivity index (χ0n) is 12.3. The second kappa shape index (κ2) is 5.45. The Kier molecular flexibility index (Phi) is 3.88. The number of amides is 3. The van der Waals surface area contributed by atoms with E-state index in [1.165, 1.54) is 4.90 Å². The Morgan fingerprint density at radius 1 is 1.35 bits per heavy atom. The summed E-state index contributed by atoms with van der Waals surface area (Å²) in [6.07, 6.45) is 0.855. The molecular weight excluding hydrogens is 254 g/mol. The Morgan fingerprint density at radius 3 is 2.65 bits per heavy atom. The van der Waals surface area contributed by atoms with E-state index in [9.17, 15) is 9.59 Å². The highest BCUT2D eigenvalue weighted by molar-refractivity contribution is 6.55. The van der Waals surface area contributed by atoms with E-state index in [4.69, 9.17) is 0 Å². The molecule has 1 aromatic carbocycles. The molecule has 0 radical (unpaired) electrons. The van der Waals surface area contributed by atoms with Crippen LogP contribution in [0.3, 0.4) is 0 Å². The first-order valence-corrected chi connectivity index (χ1v) is 6.68. The summed E-state index contributed by atoms with van der Waals surface area (Å²) in [4.78, 5) is 31.3. The molecule has 0 aromatic heterocycles. The van der Waals surface area contributed by atoms with E-state index < -0.39 is 6.03 Å². The van der Waals surface area contributed by atoms with E-state index in [1.807, 2.05) is 32.0 Å². The Hall–Kier alpha value is -2.17. The first kappa shape index (κ1) is 14.2. The number of urea groups is 1. The van der Waals surface area contributed by atoms with E-state index in [-0.39, 0.29) is 11.6 Å². The van der Waals surface area contributed by atoms with E-state index in [0.29, 0.717) is 6.54 Å². The van der Waals surface area contributed by atoms with Gasteiger partial charge < -0.3 is 9.80 Å². The lowest BCUT2D eigenvalue weighted by molar-refractivity contribution is -0.112. The number of carbonyl (C=O) groups excluding carboxylic acids is 2. The monoisotopic (exact) mass is 273 g/mol. The van der Waals surface area contributed by atoms with Gasteiger partial charge >= 0.3 is 6.03 Å². The summed E-state index contributed by atoms with van der Waals surface area (Å²) < 4.78 is 0. The third-order valence-electron chi connectivity index (χ3n) is 3.18. The molecule has 0 aliphatic carbocycles. The van der Waals surface area contributed by atoms with Gasteiger partial charge in [-0.05, 0) is 25.5 Å². The molecule has 1 heterocycles. The topological polar surface area (TPSA) is 53.0 Å². The van der Waals surface area contributed by atoms with Crippen molar-refractivity contribution in [1.29, 1.82) is 0 Å². The molecule has 0 saturated heterocycles. The molecule has 0 bridgehead atoms. The van der Waals surface area contributed by atoms with Crippen LogP contribution in [0.5, 0.6) is 0 Å². The van der Waals surface area contributed by atoms with Crippen LogP contribution in [-0.4, -0.2) is 43.2 Å². The normalized spacial score (nSPS) is 15.7. The standard InChI is InChI=1S/C15H19N3O2/c1-5-8-18-12-7-6-10(2)9-11(12)13(14(18)19)16-15(20)17(3)4/h6-7,9H,5,8H2,1-4H3. The van der Waals surface area contributed by atoms with Gasteiger partial charge in [0.2, 0.25) is 0 Å². The van der Waals surface area contributed by atoms with Crippen LogP contribution in [0, 0.1) is 6.92 Å². The van der Waals surface area contributed by atoms with Gasteiger partial charge in [0.15, 0.2) is 0 Å². The lowest BCUT2D eigenvalue weighted by atomic mass is 10.1. The predicted molar refractivity (Wildman–Crippen MR) is 79.4 cm³/mol. The molecule has 20 heavy (non-hydrogen) atoms. The maximum absolute atomic E-state index is 12.4. The molecule has 0 atom stereocenters. The van der Waals surface area contributed by atoms with Crippen molar-refractivity contribution in [2.45, 2.75) is 20.3 Å². The summed E-state index contributed by atoms with van der Waals surface area (Å²) in [7, 11) is 3.24. The molecule has 5 nitrogen and oxygen atoms in total. The van der Waals surface area contributed by atoms with Crippen molar-refractivity contribution in [2.75, 3.05) is 25.5 Å². The molecule has 0 N–H and O–H groups in total. The SMILES string of the molecule is CCCN1C(=O)C(=NC(=O)N(C)C)c2cc(C)ccc21. The lowest BCUT2D eigenvalue weighted by Gasteiger charge is -2.15. The van der Waals surface area contributed by atoms with Crippen molar-refractivity contribution >= 4 is 23.3 Å². The number of benzene rings is 1. The van der Waals surface area contributed by atoms with Gasteiger partial charge in [-0.25, -0.2) is 4.79 Å². The Bertz CT molecular complexity index is 591. The van der Waals surface area contributed by atoms with Gasteiger partial charge in [-0.1, -0.05) is 18.6 Å². The maximum Gasteiger partial charge on any atom is 0.343 e. The van der Waals surface area contributed by atoms with Crippen LogP contribution in [0.15, 0.2) is 23.2 Å². The number of carbonyl (C=O) groups is 2. The Labute approximate surface area is 118 Å². The van der Waals surface area contributed by atoms with Crippen molar-refractivity contribution in [1.82, 2.24) is 4.90 Å². The van der Waals surface area contributed by atoms with E-state index in [2.05, 4.69) is 4.99 Å². The number of rotatable bonds is 2. The van der Waals surface area contributed by atoms with Crippen LogP contribution >= 0.6 is 0 Å². The van der Waals surface area contributed by atoms with Crippen LogP contribution in [0.2, 0.25) is 0 Å². The van der Waals surface area contributed by atoms with Crippen molar-refractivity contribution in [3.8, 4) is 0 Å². The first-order valence-electron chi connectivity index (χ1n) is 6.68. The second-order valence-electron chi connectivity index (χ2n) is 5.11. The first-order chi connectivity index (χ1) is 9.45. The minimum atomic E-state index is -0.417. The summed E-state index contributed by atoms with van der Waals surface area (Å²) in [5.74, 6) is -0.192. The fourth-order valence-corrected chi connectivity index (χ4v) is 2.18. The molecule has 1 aromatic rings. The van der Waals surface area contributed by atoms with Gasteiger partial charge in [-0.15, -0.1) is 0 Å². The molecule has 1 aliphatic heterocycles. The number of nitrogens with zero attached hydrogens (tertiary/aromatic N) is 3. The summed E-state index contributed by atoms with van der Waals surface area (Å²) in [6.45, 7) is 4.60. The van der Waals surface area contributed by atoms with Gasteiger partial charge in [0, 0.05) is 26.2 Å². The van der Waals surface area contributed by atoms with Gasteiger partial charge in [0.05, 0.1) is 5.69 Å². The van der Waals surface area contributed by atoms with Gasteiger partial charge in [0.25, 0.3) is 5.91 Å². The average Bonchev–Trinajstić information content (AvgIpc) is 2.64. The molecule has 0 spiro atoms. The smallest absolute Gasteiger partial charge is 0.329 e.